The zero-order chi connectivity index (χ0) is 19.6. The van der Waals surface area contributed by atoms with Crippen molar-refractivity contribution >= 4 is 11.8 Å². The molecular weight excluding hydrogens is 365 g/mol. The lowest BCUT2D eigenvalue weighted by molar-refractivity contribution is 0.0712. The van der Waals surface area contributed by atoms with Gasteiger partial charge in [0.1, 0.15) is 5.69 Å². The molecule has 27 heavy (non-hydrogen) atoms. The molecule has 10 heteroatoms. The van der Waals surface area contributed by atoms with Gasteiger partial charge in [0, 0.05) is 32.2 Å². The maximum Gasteiger partial charge on any atom is 0.274 e. The van der Waals surface area contributed by atoms with E-state index in [1.54, 1.807) is 0 Å². The van der Waals surface area contributed by atoms with E-state index in [1.165, 1.54) is 21.9 Å². The normalized spacial score (nSPS) is 14.8. The standard InChI is InChI=1S/C17H15F3N4O3/c18-11-3-2-10(14(19)15(11)20)16(26)23-6-1-7-24(9-8-23)17(27)12-4-5-13(25)22-21-12/h2-5H,1,6-9H2,(H,22,25). The van der Waals surface area contributed by atoms with Gasteiger partial charge in [-0.3, -0.25) is 14.4 Å². The number of hydrogen-bond donors (Lipinski definition) is 1. The van der Waals surface area contributed by atoms with Crippen molar-refractivity contribution < 1.29 is 22.8 Å². The third-order valence-corrected chi connectivity index (χ3v) is 4.23. The third-order valence-electron chi connectivity index (χ3n) is 4.23. The number of amides is 2. The van der Waals surface area contributed by atoms with Gasteiger partial charge in [-0.2, -0.15) is 5.10 Å². The van der Waals surface area contributed by atoms with Crippen molar-refractivity contribution in [3.05, 3.63) is 63.3 Å². The summed E-state index contributed by atoms with van der Waals surface area (Å²) in [4.78, 5) is 38.7. The quantitative estimate of drug-likeness (QED) is 0.793. The van der Waals surface area contributed by atoms with E-state index in [0.29, 0.717) is 19.0 Å². The van der Waals surface area contributed by atoms with Crippen molar-refractivity contribution in [1.82, 2.24) is 20.0 Å². The van der Waals surface area contributed by atoms with Crippen LogP contribution in [0.5, 0.6) is 0 Å². The first-order valence-electron chi connectivity index (χ1n) is 8.16. The minimum Gasteiger partial charge on any atom is -0.337 e. The Morgan fingerprint density at radius 3 is 2.19 bits per heavy atom. The molecule has 0 spiro atoms. The molecule has 2 heterocycles. The molecule has 3 rings (SSSR count). The molecule has 0 radical (unpaired) electrons. The van der Waals surface area contributed by atoms with Crippen molar-refractivity contribution in [3.8, 4) is 0 Å². The molecule has 2 aromatic rings. The molecule has 1 fully saturated rings. The number of H-pyrrole nitrogens is 1. The Morgan fingerprint density at radius 1 is 0.889 bits per heavy atom. The second-order valence-electron chi connectivity index (χ2n) is 5.97. The molecule has 1 aromatic carbocycles. The predicted molar refractivity (Wildman–Crippen MR) is 87.6 cm³/mol. The maximum absolute atomic E-state index is 13.9. The lowest BCUT2D eigenvalue weighted by Crippen LogP contribution is -2.38. The lowest BCUT2D eigenvalue weighted by atomic mass is 10.1. The number of carbonyl (C=O) groups excluding carboxylic acids is 2. The molecule has 1 saturated heterocycles. The van der Waals surface area contributed by atoms with Crippen molar-refractivity contribution in [2.45, 2.75) is 6.42 Å². The Labute approximate surface area is 151 Å². The Kier molecular flexibility index (Phi) is 5.24. The lowest BCUT2D eigenvalue weighted by Gasteiger charge is -2.22. The monoisotopic (exact) mass is 380 g/mol. The fourth-order valence-corrected chi connectivity index (χ4v) is 2.81. The van der Waals surface area contributed by atoms with Gasteiger partial charge in [-0.25, -0.2) is 18.3 Å². The number of carbonyl (C=O) groups is 2. The van der Waals surface area contributed by atoms with Crippen LogP contribution in [0, 0.1) is 17.5 Å². The summed E-state index contributed by atoms with van der Waals surface area (Å²) in [6.45, 7) is 0.785. The second kappa shape index (κ2) is 7.60. The van der Waals surface area contributed by atoms with Crippen LogP contribution in [-0.2, 0) is 0 Å². The van der Waals surface area contributed by atoms with Crippen molar-refractivity contribution in [2.75, 3.05) is 26.2 Å². The van der Waals surface area contributed by atoms with Crippen LogP contribution in [0.2, 0.25) is 0 Å². The molecule has 1 aliphatic rings. The van der Waals surface area contributed by atoms with Crippen LogP contribution < -0.4 is 5.56 Å². The Hall–Kier alpha value is -3.17. The molecule has 0 bridgehead atoms. The first-order chi connectivity index (χ1) is 12.9. The molecule has 1 aromatic heterocycles. The molecular formula is C17H15F3N4O3. The molecule has 0 saturated carbocycles. The third kappa shape index (κ3) is 3.83. The summed E-state index contributed by atoms with van der Waals surface area (Å²) in [6.07, 6.45) is 0.409. The van der Waals surface area contributed by atoms with Gasteiger partial charge in [0.25, 0.3) is 17.4 Å². The SMILES string of the molecule is O=C(c1ccc(=O)[nH]n1)N1CCCN(C(=O)c2ccc(F)c(F)c2F)CC1. The highest BCUT2D eigenvalue weighted by Gasteiger charge is 2.27. The van der Waals surface area contributed by atoms with Crippen LogP contribution in [0.15, 0.2) is 29.1 Å². The molecule has 7 nitrogen and oxygen atoms in total. The smallest absolute Gasteiger partial charge is 0.274 e. The average molecular weight is 380 g/mol. The molecule has 0 unspecified atom stereocenters. The van der Waals surface area contributed by atoms with E-state index in [1.807, 2.05) is 0 Å². The second-order valence-corrected chi connectivity index (χ2v) is 5.97. The maximum atomic E-state index is 13.9. The number of benzene rings is 1. The number of hydrogen-bond acceptors (Lipinski definition) is 4. The summed E-state index contributed by atoms with van der Waals surface area (Å²) >= 11 is 0. The highest BCUT2D eigenvalue weighted by Crippen LogP contribution is 2.18. The Balaban J connectivity index is 1.72. The molecule has 1 N–H and O–H groups in total. The number of nitrogens with zero attached hydrogens (tertiary/aromatic N) is 3. The molecule has 142 valence electrons. The van der Waals surface area contributed by atoms with Crippen LogP contribution in [0.4, 0.5) is 13.2 Å². The summed E-state index contributed by atoms with van der Waals surface area (Å²) in [5.74, 6) is -5.79. The van der Waals surface area contributed by atoms with E-state index in [-0.39, 0.29) is 25.3 Å². The summed E-state index contributed by atoms with van der Waals surface area (Å²) < 4.78 is 40.3. The topological polar surface area (TPSA) is 86.4 Å². The van der Waals surface area contributed by atoms with E-state index in [2.05, 4.69) is 10.2 Å². The summed E-state index contributed by atoms with van der Waals surface area (Å²) in [5, 5.41) is 5.85. The van der Waals surface area contributed by atoms with Gasteiger partial charge in [-0.05, 0) is 24.6 Å². The number of nitrogens with one attached hydrogen (secondary N) is 1. The highest BCUT2D eigenvalue weighted by molar-refractivity contribution is 5.95. The number of aromatic nitrogens is 2. The summed E-state index contributed by atoms with van der Waals surface area (Å²) in [6, 6.07) is 4.07. The van der Waals surface area contributed by atoms with E-state index < -0.39 is 40.4 Å². The number of rotatable bonds is 2. The van der Waals surface area contributed by atoms with Crippen LogP contribution in [-0.4, -0.2) is 58.0 Å². The minimum absolute atomic E-state index is 0.0565. The molecule has 0 aliphatic carbocycles. The average Bonchev–Trinajstić information content (AvgIpc) is 2.92. The van der Waals surface area contributed by atoms with Crippen LogP contribution in [0.25, 0.3) is 0 Å². The van der Waals surface area contributed by atoms with Crippen LogP contribution >= 0.6 is 0 Å². The van der Waals surface area contributed by atoms with Gasteiger partial charge < -0.3 is 9.80 Å². The zero-order valence-electron chi connectivity index (χ0n) is 14.0. The van der Waals surface area contributed by atoms with Gasteiger partial charge in [0.05, 0.1) is 5.56 Å². The number of halogens is 3. The molecule has 1 aliphatic heterocycles. The van der Waals surface area contributed by atoms with Gasteiger partial charge in [-0.1, -0.05) is 0 Å². The van der Waals surface area contributed by atoms with E-state index in [0.717, 1.165) is 6.07 Å². The van der Waals surface area contributed by atoms with Crippen LogP contribution in [0.3, 0.4) is 0 Å². The fourth-order valence-electron chi connectivity index (χ4n) is 2.81. The van der Waals surface area contributed by atoms with Gasteiger partial charge >= 0.3 is 0 Å². The first-order valence-corrected chi connectivity index (χ1v) is 8.16. The predicted octanol–water partition coefficient (Wildman–Crippen LogP) is 1.18. The zero-order valence-corrected chi connectivity index (χ0v) is 14.0. The highest BCUT2D eigenvalue weighted by atomic mass is 19.2. The van der Waals surface area contributed by atoms with E-state index in [9.17, 15) is 27.6 Å². The largest absolute Gasteiger partial charge is 0.337 e. The van der Waals surface area contributed by atoms with Crippen molar-refractivity contribution in [2.24, 2.45) is 0 Å². The van der Waals surface area contributed by atoms with Crippen molar-refractivity contribution in [3.63, 3.8) is 0 Å². The van der Waals surface area contributed by atoms with Gasteiger partial charge in [0.2, 0.25) is 0 Å². The van der Waals surface area contributed by atoms with Crippen molar-refractivity contribution in [1.29, 1.82) is 0 Å². The van der Waals surface area contributed by atoms with Gasteiger partial charge in [-0.15, -0.1) is 0 Å². The van der Waals surface area contributed by atoms with Crippen LogP contribution in [0.1, 0.15) is 27.3 Å². The minimum atomic E-state index is -1.70. The fraction of sp³-hybridized carbons (Fsp3) is 0.294. The van der Waals surface area contributed by atoms with E-state index >= 15 is 0 Å². The molecule has 0 atom stereocenters. The van der Waals surface area contributed by atoms with Gasteiger partial charge in [0.15, 0.2) is 17.5 Å². The molecule has 2 amide bonds. The number of aromatic amines is 1. The Morgan fingerprint density at radius 2 is 1.56 bits per heavy atom. The Bertz CT molecular complexity index is 927. The summed E-state index contributed by atoms with van der Waals surface area (Å²) in [5.41, 5.74) is -0.940. The van der Waals surface area contributed by atoms with E-state index in [4.69, 9.17) is 0 Å². The summed E-state index contributed by atoms with van der Waals surface area (Å²) in [7, 11) is 0. The first kappa shape index (κ1) is 18.6.